The Morgan fingerprint density at radius 2 is 1.83 bits per heavy atom. The van der Waals surface area contributed by atoms with Gasteiger partial charge in [0.05, 0.1) is 18.4 Å². The van der Waals surface area contributed by atoms with E-state index in [0.29, 0.717) is 34.3 Å². The van der Waals surface area contributed by atoms with Crippen molar-refractivity contribution < 1.29 is 14.1 Å². The number of amides is 1. The third-order valence-corrected chi connectivity index (χ3v) is 4.44. The van der Waals surface area contributed by atoms with E-state index in [9.17, 15) is 4.79 Å². The summed E-state index contributed by atoms with van der Waals surface area (Å²) in [4.78, 5) is 17.2. The predicted octanol–water partition coefficient (Wildman–Crippen LogP) is 4.97. The van der Waals surface area contributed by atoms with Gasteiger partial charge in [-0.15, -0.1) is 0 Å². The van der Waals surface area contributed by atoms with E-state index < -0.39 is 0 Å². The van der Waals surface area contributed by atoms with Crippen molar-refractivity contribution in [2.45, 2.75) is 6.92 Å². The van der Waals surface area contributed by atoms with Gasteiger partial charge >= 0.3 is 0 Å². The van der Waals surface area contributed by atoms with Crippen LogP contribution in [0.25, 0.3) is 22.8 Å². The first-order chi connectivity index (χ1) is 14.1. The molecule has 0 saturated carbocycles. The van der Waals surface area contributed by atoms with Crippen molar-refractivity contribution >= 4 is 11.6 Å². The number of rotatable bonds is 5. The maximum atomic E-state index is 12.7. The molecule has 6 nitrogen and oxygen atoms in total. The SMILES string of the molecule is COc1cccc(C(=O)Nc2ccccc2-c2nc(-c3cccc(C)c3)no2)c1. The van der Waals surface area contributed by atoms with Gasteiger partial charge in [0, 0.05) is 11.1 Å². The van der Waals surface area contributed by atoms with Gasteiger partial charge in [-0.05, 0) is 43.3 Å². The van der Waals surface area contributed by atoms with Crippen LogP contribution in [0.3, 0.4) is 0 Å². The molecule has 0 aliphatic carbocycles. The summed E-state index contributed by atoms with van der Waals surface area (Å²) >= 11 is 0. The van der Waals surface area contributed by atoms with E-state index in [2.05, 4.69) is 15.5 Å². The van der Waals surface area contributed by atoms with Gasteiger partial charge in [-0.3, -0.25) is 4.79 Å². The maximum absolute atomic E-state index is 12.7. The van der Waals surface area contributed by atoms with Gasteiger partial charge in [0.2, 0.25) is 5.82 Å². The number of carbonyl (C=O) groups is 1. The Hall–Kier alpha value is -3.93. The van der Waals surface area contributed by atoms with Gasteiger partial charge in [-0.2, -0.15) is 4.98 Å². The van der Waals surface area contributed by atoms with E-state index in [1.54, 1.807) is 37.4 Å². The van der Waals surface area contributed by atoms with Gasteiger partial charge in [0.15, 0.2) is 0 Å². The number of benzene rings is 3. The van der Waals surface area contributed by atoms with Crippen LogP contribution in [0.2, 0.25) is 0 Å². The van der Waals surface area contributed by atoms with Crippen molar-refractivity contribution in [3.8, 4) is 28.6 Å². The number of methoxy groups -OCH3 is 1. The fraction of sp³-hybridized carbons (Fsp3) is 0.0870. The largest absolute Gasteiger partial charge is 0.497 e. The Morgan fingerprint density at radius 1 is 1.00 bits per heavy atom. The molecular formula is C23H19N3O3. The number of aryl methyl sites for hydroxylation is 1. The Morgan fingerprint density at radius 3 is 2.66 bits per heavy atom. The summed E-state index contributed by atoms with van der Waals surface area (Å²) in [5.74, 6) is 1.20. The zero-order chi connectivity index (χ0) is 20.2. The third-order valence-electron chi connectivity index (χ3n) is 4.44. The summed E-state index contributed by atoms with van der Waals surface area (Å²) in [6, 6.07) is 22.2. The summed E-state index contributed by atoms with van der Waals surface area (Å²) < 4.78 is 10.7. The van der Waals surface area contributed by atoms with Crippen molar-refractivity contribution in [2.75, 3.05) is 12.4 Å². The number of hydrogen-bond acceptors (Lipinski definition) is 5. The minimum atomic E-state index is -0.255. The molecule has 0 spiro atoms. The topological polar surface area (TPSA) is 77.2 Å². The fourth-order valence-electron chi connectivity index (χ4n) is 2.97. The molecule has 0 aliphatic rings. The second-order valence-electron chi connectivity index (χ2n) is 6.52. The second kappa shape index (κ2) is 7.98. The van der Waals surface area contributed by atoms with Crippen LogP contribution in [-0.2, 0) is 0 Å². The first kappa shape index (κ1) is 18.4. The van der Waals surface area contributed by atoms with Crippen LogP contribution in [0, 0.1) is 6.92 Å². The molecule has 1 heterocycles. The third kappa shape index (κ3) is 4.01. The highest BCUT2D eigenvalue weighted by atomic mass is 16.5. The number of anilines is 1. The van der Waals surface area contributed by atoms with Crippen LogP contribution in [0.1, 0.15) is 15.9 Å². The van der Waals surface area contributed by atoms with E-state index in [1.807, 2.05) is 49.4 Å². The number of aromatic nitrogens is 2. The smallest absolute Gasteiger partial charge is 0.260 e. The number of ether oxygens (including phenoxy) is 1. The number of para-hydroxylation sites is 1. The van der Waals surface area contributed by atoms with Crippen LogP contribution in [0.5, 0.6) is 5.75 Å². The minimum Gasteiger partial charge on any atom is -0.497 e. The van der Waals surface area contributed by atoms with Gasteiger partial charge in [0.1, 0.15) is 5.75 Å². The van der Waals surface area contributed by atoms with Crippen LogP contribution in [0.15, 0.2) is 77.3 Å². The standard InChI is InChI=1S/C23H19N3O3/c1-15-7-5-8-16(13-15)21-25-23(29-26-21)19-11-3-4-12-20(19)24-22(27)17-9-6-10-18(14-17)28-2/h3-14H,1-2H3,(H,24,27). The highest BCUT2D eigenvalue weighted by Crippen LogP contribution is 2.29. The molecule has 0 bridgehead atoms. The van der Waals surface area contributed by atoms with Crippen molar-refractivity contribution in [1.82, 2.24) is 10.1 Å². The van der Waals surface area contributed by atoms with E-state index in [4.69, 9.17) is 9.26 Å². The van der Waals surface area contributed by atoms with Gasteiger partial charge < -0.3 is 14.6 Å². The molecule has 0 radical (unpaired) electrons. The van der Waals surface area contributed by atoms with E-state index in [0.717, 1.165) is 11.1 Å². The first-order valence-corrected chi connectivity index (χ1v) is 9.09. The van der Waals surface area contributed by atoms with E-state index in [1.165, 1.54) is 0 Å². The monoisotopic (exact) mass is 385 g/mol. The quantitative estimate of drug-likeness (QED) is 0.525. The number of nitrogens with zero attached hydrogens (tertiary/aromatic N) is 2. The van der Waals surface area contributed by atoms with Gasteiger partial charge in [-0.25, -0.2) is 0 Å². The van der Waals surface area contributed by atoms with Gasteiger partial charge in [-0.1, -0.05) is 47.1 Å². The molecule has 0 atom stereocenters. The Bertz CT molecular complexity index is 1170. The fourth-order valence-corrected chi connectivity index (χ4v) is 2.97. The summed E-state index contributed by atoms with van der Waals surface area (Å²) in [7, 11) is 1.56. The maximum Gasteiger partial charge on any atom is 0.260 e. The second-order valence-corrected chi connectivity index (χ2v) is 6.52. The van der Waals surface area contributed by atoms with E-state index >= 15 is 0 Å². The Kier molecular flexibility index (Phi) is 5.07. The highest BCUT2D eigenvalue weighted by Gasteiger charge is 2.16. The molecule has 1 aromatic heterocycles. The summed E-state index contributed by atoms with van der Waals surface area (Å²) in [6.45, 7) is 2.01. The zero-order valence-electron chi connectivity index (χ0n) is 16.0. The lowest BCUT2D eigenvalue weighted by molar-refractivity contribution is 0.102. The molecule has 4 rings (SSSR count). The van der Waals surface area contributed by atoms with Crippen molar-refractivity contribution in [3.63, 3.8) is 0 Å². The molecule has 0 fully saturated rings. The molecule has 1 N–H and O–H groups in total. The Balaban J connectivity index is 1.63. The predicted molar refractivity (Wildman–Crippen MR) is 111 cm³/mol. The summed E-state index contributed by atoms with van der Waals surface area (Å²) in [5.41, 5.74) is 3.71. The normalized spacial score (nSPS) is 10.6. The lowest BCUT2D eigenvalue weighted by Crippen LogP contribution is -2.12. The molecular weight excluding hydrogens is 366 g/mol. The molecule has 29 heavy (non-hydrogen) atoms. The lowest BCUT2D eigenvalue weighted by atomic mass is 10.1. The van der Waals surface area contributed by atoms with Crippen molar-refractivity contribution in [3.05, 3.63) is 83.9 Å². The molecule has 3 aromatic carbocycles. The molecule has 4 aromatic rings. The molecule has 0 aliphatic heterocycles. The van der Waals surface area contributed by atoms with Crippen LogP contribution >= 0.6 is 0 Å². The van der Waals surface area contributed by atoms with Crippen LogP contribution < -0.4 is 10.1 Å². The Labute approximate surface area is 168 Å². The summed E-state index contributed by atoms with van der Waals surface area (Å²) in [6.07, 6.45) is 0. The molecule has 1 amide bonds. The van der Waals surface area contributed by atoms with Gasteiger partial charge in [0.25, 0.3) is 11.8 Å². The van der Waals surface area contributed by atoms with Crippen LogP contribution in [0.4, 0.5) is 5.69 Å². The summed E-state index contributed by atoms with van der Waals surface area (Å²) in [5, 5.41) is 7.00. The molecule has 0 saturated heterocycles. The number of nitrogens with one attached hydrogen (secondary N) is 1. The van der Waals surface area contributed by atoms with Crippen molar-refractivity contribution in [2.24, 2.45) is 0 Å². The van der Waals surface area contributed by atoms with E-state index in [-0.39, 0.29) is 5.91 Å². The molecule has 144 valence electrons. The zero-order valence-corrected chi connectivity index (χ0v) is 16.0. The van der Waals surface area contributed by atoms with Crippen molar-refractivity contribution in [1.29, 1.82) is 0 Å². The molecule has 0 unspecified atom stereocenters. The number of hydrogen-bond donors (Lipinski definition) is 1. The molecule has 6 heteroatoms. The average Bonchev–Trinajstić information content (AvgIpc) is 3.24. The average molecular weight is 385 g/mol. The first-order valence-electron chi connectivity index (χ1n) is 9.09. The number of carbonyl (C=O) groups excluding carboxylic acids is 1. The lowest BCUT2D eigenvalue weighted by Gasteiger charge is -2.09. The highest BCUT2D eigenvalue weighted by molar-refractivity contribution is 6.06. The minimum absolute atomic E-state index is 0.255. The van der Waals surface area contributed by atoms with Crippen LogP contribution in [-0.4, -0.2) is 23.2 Å².